The summed E-state index contributed by atoms with van der Waals surface area (Å²) < 4.78 is 10.4. The van der Waals surface area contributed by atoms with E-state index in [0.29, 0.717) is 12.3 Å². The van der Waals surface area contributed by atoms with Gasteiger partial charge in [0.1, 0.15) is 17.3 Å². The lowest BCUT2D eigenvalue weighted by Gasteiger charge is -2.13. The lowest BCUT2D eigenvalue weighted by Crippen LogP contribution is -2.27. The third kappa shape index (κ3) is 3.76. The summed E-state index contributed by atoms with van der Waals surface area (Å²) in [6.45, 7) is 2.70. The summed E-state index contributed by atoms with van der Waals surface area (Å²) in [5.74, 6) is 1.86. The van der Waals surface area contributed by atoms with Crippen LogP contribution < -0.4 is 10.1 Å². The first-order chi connectivity index (χ1) is 9.19. The van der Waals surface area contributed by atoms with Crippen LogP contribution in [0.5, 0.6) is 11.5 Å². The Labute approximate surface area is 113 Å². The van der Waals surface area contributed by atoms with Crippen molar-refractivity contribution in [1.29, 1.82) is 0 Å². The van der Waals surface area contributed by atoms with Crippen molar-refractivity contribution < 1.29 is 14.3 Å². The number of methoxy groups -OCH3 is 1. The quantitative estimate of drug-likeness (QED) is 0.839. The molecule has 102 valence electrons. The van der Waals surface area contributed by atoms with Gasteiger partial charge in [0, 0.05) is 30.6 Å². The summed E-state index contributed by atoms with van der Waals surface area (Å²) in [5.41, 5.74) is 0.854. The van der Waals surface area contributed by atoms with Crippen molar-refractivity contribution in [1.82, 2.24) is 5.32 Å². The van der Waals surface area contributed by atoms with Crippen LogP contribution in [0.15, 0.2) is 41.0 Å². The van der Waals surface area contributed by atoms with Gasteiger partial charge in [-0.3, -0.25) is 0 Å². The van der Waals surface area contributed by atoms with Crippen molar-refractivity contribution in [3.63, 3.8) is 0 Å². The maximum Gasteiger partial charge on any atom is 0.123 e. The minimum absolute atomic E-state index is 0.247. The van der Waals surface area contributed by atoms with E-state index in [9.17, 15) is 5.11 Å². The molecule has 0 bridgehead atoms. The van der Waals surface area contributed by atoms with E-state index in [1.54, 1.807) is 19.4 Å². The molecule has 0 saturated heterocycles. The predicted octanol–water partition coefficient (Wildman–Crippen LogP) is 2.71. The van der Waals surface area contributed by atoms with Crippen LogP contribution in [-0.2, 0) is 13.0 Å². The van der Waals surface area contributed by atoms with E-state index >= 15 is 0 Å². The minimum atomic E-state index is 0.247. The summed E-state index contributed by atoms with van der Waals surface area (Å²) in [6, 6.07) is 9.44. The fourth-order valence-corrected chi connectivity index (χ4v) is 1.91. The number of rotatable bonds is 6. The van der Waals surface area contributed by atoms with E-state index in [0.717, 1.165) is 17.7 Å². The van der Waals surface area contributed by atoms with Crippen LogP contribution in [0.3, 0.4) is 0 Å². The van der Waals surface area contributed by atoms with Crippen LogP contribution in [0.25, 0.3) is 0 Å². The zero-order valence-electron chi connectivity index (χ0n) is 11.2. The maximum atomic E-state index is 9.85. The third-order valence-corrected chi connectivity index (χ3v) is 3.02. The number of benzene rings is 1. The molecule has 0 saturated carbocycles. The summed E-state index contributed by atoms with van der Waals surface area (Å²) in [6.07, 6.45) is 2.50. The van der Waals surface area contributed by atoms with Crippen molar-refractivity contribution in [3.8, 4) is 11.5 Å². The summed E-state index contributed by atoms with van der Waals surface area (Å²) in [4.78, 5) is 0. The number of aromatic hydroxyl groups is 1. The molecule has 19 heavy (non-hydrogen) atoms. The van der Waals surface area contributed by atoms with Crippen LogP contribution >= 0.6 is 0 Å². The monoisotopic (exact) mass is 261 g/mol. The Balaban J connectivity index is 1.88. The van der Waals surface area contributed by atoms with Gasteiger partial charge in [-0.2, -0.15) is 0 Å². The molecule has 0 spiro atoms. The Morgan fingerprint density at radius 3 is 2.84 bits per heavy atom. The largest absolute Gasteiger partial charge is 0.507 e. The maximum absolute atomic E-state index is 9.85. The van der Waals surface area contributed by atoms with E-state index in [1.807, 2.05) is 24.3 Å². The first-order valence-corrected chi connectivity index (χ1v) is 6.30. The molecule has 2 N–H and O–H groups in total. The second kappa shape index (κ2) is 6.29. The van der Waals surface area contributed by atoms with E-state index in [2.05, 4.69) is 12.2 Å². The molecule has 4 heteroatoms. The number of phenolic OH excluding ortho intramolecular Hbond substituents is 1. The van der Waals surface area contributed by atoms with Gasteiger partial charge >= 0.3 is 0 Å². The highest BCUT2D eigenvalue weighted by Crippen LogP contribution is 2.23. The fourth-order valence-electron chi connectivity index (χ4n) is 1.91. The van der Waals surface area contributed by atoms with Crippen LogP contribution in [-0.4, -0.2) is 18.3 Å². The average molecular weight is 261 g/mol. The number of hydrogen-bond donors (Lipinski definition) is 2. The molecule has 0 fully saturated rings. The van der Waals surface area contributed by atoms with Crippen molar-refractivity contribution in [2.45, 2.75) is 25.9 Å². The molecule has 1 heterocycles. The molecule has 1 aromatic carbocycles. The van der Waals surface area contributed by atoms with Gasteiger partial charge < -0.3 is 19.6 Å². The van der Waals surface area contributed by atoms with Crippen molar-refractivity contribution in [2.24, 2.45) is 0 Å². The van der Waals surface area contributed by atoms with Crippen LogP contribution in [0, 0.1) is 0 Å². The summed E-state index contributed by atoms with van der Waals surface area (Å²) in [7, 11) is 1.58. The molecular weight excluding hydrogens is 242 g/mol. The molecule has 0 radical (unpaired) electrons. The highest BCUT2D eigenvalue weighted by molar-refractivity contribution is 5.39. The van der Waals surface area contributed by atoms with Crippen molar-refractivity contribution in [3.05, 3.63) is 47.9 Å². The van der Waals surface area contributed by atoms with Crippen LogP contribution in [0.1, 0.15) is 18.2 Å². The highest BCUT2D eigenvalue weighted by atomic mass is 16.5. The van der Waals surface area contributed by atoms with Crippen LogP contribution in [0.4, 0.5) is 0 Å². The molecule has 0 aliphatic heterocycles. The average Bonchev–Trinajstić information content (AvgIpc) is 2.90. The first kappa shape index (κ1) is 13.5. The smallest absolute Gasteiger partial charge is 0.123 e. The predicted molar refractivity (Wildman–Crippen MR) is 73.4 cm³/mol. The number of ether oxygens (including phenoxy) is 1. The van der Waals surface area contributed by atoms with E-state index in [1.165, 1.54) is 0 Å². The molecule has 1 aromatic heterocycles. The Morgan fingerprint density at radius 2 is 2.21 bits per heavy atom. The molecular formula is C15H19NO3. The van der Waals surface area contributed by atoms with Gasteiger partial charge in [-0.15, -0.1) is 0 Å². The molecule has 0 amide bonds. The number of phenols is 1. The zero-order chi connectivity index (χ0) is 13.7. The van der Waals surface area contributed by atoms with Gasteiger partial charge in [0.25, 0.3) is 0 Å². The van der Waals surface area contributed by atoms with E-state index in [-0.39, 0.29) is 11.8 Å². The molecule has 2 aromatic rings. The normalized spacial score (nSPS) is 12.3. The standard InChI is InChI=1S/C15H19NO3/c1-11(8-14-4-3-7-19-14)16-10-12-5-6-13(18-2)9-15(12)17/h3-7,9,11,16-17H,8,10H2,1-2H3. The Morgan fingerprint density at radius 1 is 1.37 bits per heavy atom. The van der Waals surface area contributed by atoms with Crippen molar-refractivity contribution in [2.75, 3.05) is 7.11 Å². The summed E-state index contributed by atoms with van der Waals surface area (Å²) in [5, 5.41) is 13.2. The molecule has 1 unspecified atom stereocenters. The third-order valence-electron chi connectivity index (χ3n) is 3.02. The summed E-state index contributed by atoms with van der Waals surface area (Å²) >= 11 is 0. The zero-order valence-corrected chi connectivity index (χ0v) is 11.2. The van der Waals surface area contributed by atoms with Gasteiger partial charge in [0.05, 0.1) is 13.4 Å². The molecule has 4 nitrogen and oxygen atoms in total. The van der Waals surface area contributed by atoms with Gasteiger partial charge in [-0.25, -0.2) is 0 Å². The van der Waals surface area contributed by atoms with Gasteiger partial charge in [0.2, 0.25) is 0 Å². The van der Waals surface area contributed by atoms with Gasteiger partial charge in [0.15, 0.2) is 0 Å². The molecule has 0 aliphatic rings. The van der Waals surface area contributed by atoms with Crippen molar-refractivity contribution >= 4 is 0 Å². The SMILES string of the molecule is COc1ccc(CNC(C)Cc2ccco2)c(O)c1. The second-order valence-electron chi connectivity index (χ2n) is 4.56. The van der Waals surface area contributed by atoms with E-state index < -0.39 is 0 Å². The Kier molecular flexibility index (Phi) is 4.47. The number of nitrogens with one attached hydrogen (secondary N) is 1. The Bertz CT molecular complexity index is 508. The van der Waals surface area contributed by atoms with Gasteiger partial charge in [-0.05, 0) is 25.1 Å². The molecule has 0 aliphatic carbocycles. The second-order valence-corrected chi connectivity index (χ2v) is 4.56. The van der Waals surface area contributed by atoms with E-state index in [4.69, 9.17) is 9.15 Å². The topological polar surface area (TPSA) is 54.6 Å². The lowest BCUT2D eigenvalue weighted by atomic mass is 10.1. The molecule has 1 atom stereocenters. The molecule has 2 rings (SSSR count). The first-order valence-electron chi connectivity index (χ1n) is 6.30. The number of furan rings is 1. The highest BCUT2D eigenvalue weighted by Gasteiger charge is 2.07. The van der Waals surface area contributed by atoms with Gasteiger partial charge in [-0.1, -0.05) is 6.07 Å². The fraction of sp³-hybridized carbons (Fsp3) is 0.333. The van der Waals surface area contributed by atoms with Crippen LogP contribution in [0.2, 0.25) is 0 Å². The lowest BCUT2D eigenvalue weighted by molar-refractivity contribution is 0.404. The minimum Gasteiger partial charge on any atom is -0.507 e. The number of hydrogen-bond acceptors (Lipinski definition) is 4. The Hall–Kier alpha value is -1.94.